The SMILES string of the molecule is NC(=S)c1ccc(OCCN2CCC(CCO)C2)cc1. The van der Waals surface area contributed by atoms with Crippen LogP contribution in [0.5, 0.6) is 5.75 Å². The summed E-state index contributed by atoms with van der Waals surface area (Å²) in [6, 6.07) is 7.55. The average molecular weight is 294 g/mol. The van der Waals surface area contributed by atoms with Gasteiger partial charge in [-0.3, -0.25) is 4.90 Å². The van der Waals surface area contributed by atoms with Gasteiger partial charge in [0, 0.05) is 25.3 Å². The summed E-state index contributed by atoms with van der Waals surface area (Å²) in [5.41, 5.74) is 6.41. The lowest BCUT2D eigenvalue weighted by Crippen LogP contribution is -2.26. The van der Waals surface area contributed by atoms with Gasteiger partial charge in [0.15, 0.2) is 0 Å². The van der Waals surface area contributed by atoms with Gasteiger partial charge < -0.3 is 15.6 Å². The van der Waals surface area contributed by atoms with Crippen molar-refractivity contribution >= 4 is 17.2 Å². The molecule has 0 spiro atoms. The van der Waals surface area contributed by atoms with E-state index >= 15 is 0 Å². The second-order valence-electron chi connectivity index (χ2n) is 5.20. The van der Waals surface area contributed by atoms with Crippen molar-refractivity contribution in [3.8, 4) is 5.75 Å². The molecule has 110 valence electrons. The molecule has 3 N–H and O–H groups in total. The Labute approximate surface area is 125 Å². The van der Waals surface area contributed by atoms with Crippen molar-refractivity contribution in [3.05, 3.63) is 29.8 Å². The molecule has 4 nitrogen and oxygen atoms in total. The number of benzene rings is 1. The van der Waals surface area contributed by atoms with Gasteiger partial charge in [0.2, 0.25) is 0 Å². The van der Waals surface area contributed by atoms with Crippen LogP contribution in [0.4, 0.5) is 0 Å². The minimum Gasteiger partial charge on any atom is -0.492 e. The van der Waals surface area contributed by atoms with Crippen molar-refractivity contribution < 1.29 is 9.84 Å². The van der Waals surface area contributed by atoms with E-state index in [0.29, 0.717) is 24.1 Å². The first-order chi connectivity index (χ1) is 9.69. The van der Waals surface area contributed by atoms with Crippen molar-refractivity contribution in [1.29, 1.82) is 0 Å². The Balaban J connectivity index is 1.69. The number of hydrogen-bond acceptors (Lipinski definition) is 4. The molecule has 0 amide bonds. The average Bonchev–Trinajstić information content (AvgIpc) is 2.87. The number of aliphatic hydroxyl groups is 1. The molecule has 2 rings (SSSR count). The highest BCUT2D eigenvalue weighted by molar-refractivity contribution is 7.80. The third kappa shape index (κ3) is 4.44. The molecule has 0 radical (unpaired) electrons. The highest BCUT2D eigenvalue weighted by Gasteiger charge is 2.21. The topological polar surface area (TPSA) is 58.7 Å². The summed E-state index contributed by atoms with van der Waals surface area (Å²) in [6.45, 7) is 4.08. The van der Waals surface area contributed by atoms with Gasteiger partial charge >= 0.3 is 0 Å². The lowest BCUT2D eigenvalue weighted by molar-refractivity contribution is 0.222. The molecule has 1 aliphatic heterocycles. The molecule has 0 saturated carbocycles. The number of aliphatic hydroxyl groups excluding tert-OH is 1. The van der Waals surface area contributed by atoms with Gasteiger partial charge in [-0.15, -0.1) is 0 Å². The maximum absolute atomic E-state index is 8.94. The van der Waals surface area contributed by atoms with Crippen molar-refractivity contribution in [1.82, 2.24) is 4.90 Å². The summed E-state index contributed by atoms with van der Waals surface area (Å²) >= 11 is 4.91. The smallest absolute Gasteiger partial charge is 0.119 e. The van der Waals surface area contributed by atoms with Gasteiger partial charge in [0.1, 0.15) is 17.3 Å². The molecule has 1 heterocycles. The quantitative estimate of drug-likeness (QED) is 0.745. The first kappa shape index (κ1) is 15.2. The monoisotopic (exact) mass is 294 g/mol. The van der Waals surface area contributed by atoms with Crippen LogP contribution < -0.4 is 10.5 Å². The molecular weight excluding hydrogens is 272 g/mol. The molecule has 20 heavy (non-hydrogen) atoms. The summed E-state index contributed by atoms with van der Waals surface area (Å²) in [5.74, 6) is 1.49. The van der Waals surface area contributed by atoms with Crippen LogP contribution in [0.25, 0.3) is 0 Å². The molecule has 0 bridgehead atoms. The van der Waals surface area contributed by atoms with E-state index < -0.39 is 0 Å². The van der Waals surface area contributed by atoms with Gasteiger partial charge in [0.05, 0.1) is 0 Å². The summed E-state index contributed by atoms with van der Waals surface area (Å²) in [5, 5.41) is 8.94. The van der Waals surface area contributed by atoms with Crippen LogP contribution in [0.2, 0.25) is 0 Å². The number of nitrogens with two attached hydrogens (primary N) is 1. The molecule has 1 fully saturated rings. The Morgan fingerprint density at radius 3 is 2.80 bits per heavy atom. The van der Waals surface area contributed by atoms with Crippen LogP contribution in [0, 0.1) is 5.92 Å². The van der Waals surface area contributed by atoms with E-state index in [4.69, 9.17) is 27.8 Å². The van der Waals surface area contributed by atoms with E-state index in [1.807, 2.05) is 24.3 Å². The van der Waals surface area contributed by atoms with E-state index in [1.165, 1.54) is 6.42 Å². The van der Waals surface area contributed by atoms with Crippen LogP contribution >= 0.6 is 12.2 Å². The molecule has 1 aromatic rings. The number of hydrogen-bond donors (Lipinski definition) is 2. The van der Waals surface area contributed by atoms with Crippen LogP contribution in [-0.4, -0.2) is 47.8 Å². The number of likely N-dealkylation sites (tertiary alicyclic amines) is 1. The molecule has 1 saturated heterocycles. The molecular formula is C15H22N2O2S. The zero-order valence-corrected chi connectivity index (χ0v) is 12.4. The van der Waals surface area contributed by atoms with Crippen molar-refractivity contribution in [3.63, 3.8) is 0 Å². The summed E-state index contributed by atoms with van der Waals surface area (Å²) in [7, 11) is 0. The van der Waals surface area contributed by atoms with E-state index in [0.717, 1.165) is 37.4 Å². The molecule has 1 aliphatic rings. The van der Waals surface area contributed by atoms with Gasteiger partial charge in [0.25, 0.3) is 0 Å². The van der Waals surface area contributed by atoms with Crippen LogP contribution in [0.1, 0.15) is 18.4 Å². The minimum absolute atomic E-state index is 0.296. The number of ether oxygens (including phenoxy) is 1. The largest absolute Gasteiger partial charge is 0.492 e. The fourth-order valence-corrected chi connectivity index (χ4v) is 2.68. The predicted molar refractivity (Wildman–Crippen MR) is 84.1 cm³/mol. The molecule has 0 aliphatic carbocycles. The highest BCUT2D eigenvalue weighted by Crippen LogP contribution is 2.19. The van der Waals surface area contributed by atoms with Gasteiger partial charge in [-0.25, -0.2) is 0 Å². The van der Waals surface area contributed by atoms with Crippen LogP contribution in [0.3, 0.4) is 0 Å². The van der Waals surface area contributed by atoms with Crippen LogP contribution in [-0.2, 0) is 0 Å². The number of thiocarbonyl (C=S) groups is 1. The molecule has 5 heteroatoms. The molecule has 0 aromatic heterocycles. The third-order valence-corrected chi connectivity index (χ3v) is 3.96. The zero-order valence-electron chi connectivity index (χ0n) is 11.6. The molecule has 1 atom stereocenters. The van der Waals surface area contributed by atoms with E-state index in [-0.39, 0.29) is 0 Å². The number of rotatable bonds is 7. The summed E-state index contributed by atoms with van der Waals surface area (Å²) in [4.78, 5) is 2.80. The minimum atomic E-state index is 0.296. The fraction of sp³-hybridized carbons (Fsp3) is 0.533. The van der Waals surface area contributed by atoms with Gasteiger partial charge in [-0.05, 0) is 49.6 Å². The second-order valence-corrected chi connectivity index (χ2v) is 5.64. The number of nitrogens with zero attached hydrogens (tertiary/aromatic N) is 1. The maximum Gasteiger partial charge on any atom is 0.119 e. The van der Waals surface area contributed by atoms with Gasteiger partial charge in [-0.2, -0.15) is 0 Å². The fourth-order valence-electron chi connectivity index (χ4n) is 2.54. The van der Waals surface area contributed by atoms with E-state index in [1.54, 1.807) is 0 Å². The first-order valence-corrected chi connectivity index (χ1v) is 7.45. The molecule has 1 aromatic carbocycles. The third-order valence-electron chi connectivity index (χ3n) is 3.72. The highest BCUT2D eigenvalue weighted by atomic mass is 32.1. The normalized spacial score (nSPS) is 19.1. The van der Waals surface area contributed by atoms with Crippen molar-refractivity contribution in [2.45, 2.75) is 12.8 Å². The van der Waals surface area contributed by atoms with Gasteiger partial charge in [-0.1, -0.05) is 12.2 Å². The lowest BCUT2D eigenvalue weighted by atomic mass is 10.1. The Hall–Kier alpha value is -1.17. The maximum atomic E-state index is 8.94. The van der Waals surface area contributed by atoms with Crippen LogP contribution in [0.15, 0.2) is 24.3 Å². The van der Waals surface area contributed by atoms with Crippen molar-refractivity contribution in [2.24, 2.45) is 11.7 Å². The Bertz CT molecular complexity index is 436. The Morgan fingerprint density at radius 2 is 2.15 bits per heavy atom. The summed E-state index contributed by atoms with van der Waals surface area (Å²) in [6.07, 6.45) is 2.10. The lowest BCUT2D eigenvalue weighted by Gasteiger charge is -2.16. The predicted octanol–water partition coefficient (Wildman–Crippen LogP) is 1.40. The Morgan fingerprint density at radius 1 is 1.40 bits per heavy atom. The van der Waals surface area contributed by atoms with Crippen molar-refractivity contribution in [2.75, 3.05) is 32.8 Å². The molecule has 1 unspecified atom stereocenters. The Kier molecular flexibility index (Phi) is 5.76. The standard InChI is InChI=1S/C15H22N2O2S/c16-15(20)13-1-3-14(4-2-13)19-10-8-17-7-5-12(11-17)6-9-18/h1-4,12,18H,5-11H2,(H2,16,20). The second kappa shape index (κ2) is 7.57. The first-order valence-electron chi connectivity index (χ1n) is 7.05. The van der Waals surface area contributed by atoms with E-state index in [9.17, 15) is 0 Å². The summed E-state index contributed by atoms with van der Waals surface area (Å²) < 4.78 is 5.72. The van der Waals surface area contributed by atoms with E-state index in [2.05, 4.69) is 4.90 Å². The zero-order chi connectivity index (χ0) is 14.4.